The van der Waals surface area contributed by atoms with Gasteiger partial charge in [-0.25, -0.2) is 4.79 Å². The predicted molar refractivity (Wildman–Crippen MR) is 80.2 cm³/mol. The maximum Gasteiger partial charge on any atom is 0.319 e. The molecule has 0 aliphatic carbocycles. The molecule has 1 aromatic carbocycles. The summed E-state index contributed by atoms with van der Waals surface area (Å²) in [5, 5.41) is 5.82. The Morgan fingerprint density at radius 3 is 2.55 bits per heavy atom. The van der Waals surface area contributed by atoms with Crippen molar-refractivity contribution in [3.63, 3.8) is 0 Å². The number of amides is 2. The third-order valence-corrected chi connectivity index (χ3v) is 3.54. The summed E-state index contributed by atoms with van der Waals surface area (Å²) >= 11 is 0. The second-order valence-electron chi connectivity index (χ2n) is 5.10. The number of ether oxygens (including phenoxy) is 1. The molecule has 1 fully saturated rings. The zero-order valence-electron chi connectivity index (χ0n) is 12.2. The molecule has 110 valence electrons. The smallest absolute Gasteiger partial charge is 0.319 e. The first-order chi connectivity index (χ1) is 9.66. The molecule has 5 heteroatoms. The van der Waals surface area contributed by atoms with Crippen LogP contribution in [0.4, 0.5) is 10.5 Å². The van der Waals surface area contributed by atoms with Crippen LogP contribution in [0.15, 0.2) is 18.2 Å². The van der Waals surface area contributed by atoms with Crippen LogP contribution in [0.25, 0.3) is 0 Å². The number of nitrogens with one attached hydrogen (secondary N) is 2. The van der Waals surface area contributed by atoms with Crippen molar-refractivity contribution in [3.05, 3.63) is 29.3 Å². The van der Waals surface area contributed by atoms with Crippen LogP contribution in [-0.2, 0) is 4.74 Å². The van der Waals surface area contributed by atoms with E-state index in [1.807, 2.05) is 32.0 Å². The van der Waals surface area contributed by atoms with Crippen LogP contribution >= 0.6 is 0 Å². The van der Waals surface area contributed by atoms with Crippen LogP contribution in [-0.4, -0.2) is 50.3 Å². The molecule has 0 atom stereocenters. The number of benzene rings is 1. The van der Waals surface area contributed by atoms with Gasteiger partial charge in [-0.1, -0.05) is 18.2 Å². The number of hydrogen-bond donors (Lipinski definition) is 2. The van der Waals surface area contributed by atoms with E-state index in [1.165, 1.54) is 0 Å². The van der Waals surface area contributed by atoms with Gasteiger partial charge in [0.2, 0.25) is 0 Å². The fourth-order valence-corrected chi connectivity index (χ4v) is 2.32. The van der Waals surface area contributed by atoms with E-state index in [4.69, 9.17) is 4.74 Å². The third kappa shape index (κ3) is 4.21. The standard InChI is InChI=1S/C15H23N3O2/c1-12-4-3-5-13(2)14(12)17-15(19)16-6-7-18-8-10-20-11-9-18/h3-5H,6-11H2,1-2H3,(H2,16,17,19). The maximum absolute atomic E-state index is 11.9. The molecule has 2 N–H and O–H groups in total. The Hall–Kier alpha value is -1.59. The molecule has 0 bridgehead atoms. The first-order valence-electron chi connectivity index (χ1n) is 7.08. The molecule has 0 saturated carbocycles. The van der Waals surface area contributed by atoms with E-state index in [2.05, 4.69) is 15.5 Å². The van der Waals surface area contributed by atoms with E-state index >= 15 is 0 Å². The summed E-state index contributed by atoms with van der Waals surface area (Å²) in [6.45, 7) is 8.97. The van der Waals surface area contributed by atoms with Gasteiger partial charge < -0.3 is 15.4 Å². The number of anilines is 1. The molecule has 20 heavy (non-hydrogen) atoms. The summed E-state index contributed by atoms with van der Waals surface area (Å²) in [5.74, 6) is 0. The summed E-state index contributed by atoms with van der Waals surface area (Å²) in [7, 11) is 0. The monoisotopic (exact) mass is 277 g/mol. The van der Waals surface area contributed by atoms with Crippen molar-refractivity contribution in [2.75, 3.05) is 44.7 Å². The van der Waals surface area contributed by atoms with E-state index in [-0.39, 0.29) is 6.03 Å². The van der Waals surface area contributed by atoms with Crippen LogP contribution in [0.5, 0.6) is 0 Å². The molecule has 1 aromatic rings. The molecule has 2 amide bonds. The van der Waals surface area contributed by atoms with Gasteiger partial charge in [0.25, 0.3) is 0 Å². The van der Waals surface area contributed by atoms with Crippen LogP contribution in [0.3, 0.4) is 0 Å². The molecule has 2 rings (SSSR count). The van der Waals surface area contributed by atoms with Gasteiger partial charge in [0.1, 0.15) is 0 Å². The lowest BCUT2D eigenvalue weighted by atomic mass is 10.1. The van der Waals surface area contributed by atoms with E-state index < -0.39 is 0 Å². The minimum Gasteiger partial charge on any atom is -0.379 e. The van der Waals surface area contributed by atoms with Gasteiger partial charge in [0, 0.05) is 31.9 Å². The number of urea groups is 1. The molecule has 5 nitrogen and oxygen atoms in total. The van der Waals surface area contributed by atoms with E-state index in [9.17, 15) is 4.79 Å². The quantitative estimate of drug-likeness (QED) is 0.881. The second kappa shape index (κ2) is 7.26. The van der Waals surface area contributed by atoms with Gasteiger partial charge >= 0.3 is 6.03 Å². The van der Waals surface area contributed by atoms with Crippen LogP contribution in [0.2, 0.25) is 0 Å². The molecule has 1 aliphatic rings. The molecule has 0 aromatic heterocycles. The Morgan fingerprint density at radius 2 is 1.90 bits per heavy atom. The Morgan fingerprint density at radius 1 is 1.25 bits per heavy atom. The molecule has 1 heterocycles. The fraction of sp³-hybridized carbons (Fsp3) is 0.533. The maximum atomic E-state index is 11.9. The van der Waals surface area contributed by atoms with Crippen molar-refractivity contribution in [1.82, 2.24) is 10.2 Å². The summed E-state index contributed by atoms with van der Waals surface area (Å²) in [4.78, 5) is 14.2. The summed E-state index contributed by atoms with van der Waals surface area (Å²) < 4.78 is 5.29. The molecule has 0 radical (unpaired) electrons. The van der Waals surface area contributed by atoms with Crippen molar-refractivity contribution < 1.29 is 9.53 Å². The Bertz CT molecular complexity index is 436. The SMILES string of the molecule is Cc1cccc(C)c1NC(=O)NCCN1CCOCC1. The first kappa shape index (κ1) is 14.8. The van der Waals surface area contributed by atoms with E-state index in [0.29, 0.717) is 6.54 Å². The van der Waals surface area contributed by atoms with Crippen LogP contribution in [0.1, 0.15) is 11.1 Å². The third-order valence-electron chi connectivity index (χ3n) is 3.54. The zero-order valence-corrected chi connectivity index (χ0v) is 12.2. The Balaban J connectivity index is 1.75. The van der Waals surface area contributed by atoms with Crippen molar-refractivity contribution >= 4 is 11.7 Å². The number of carbonyl (C=O) groups excluding carboxylic acids is 1. The zero-order chi connectivity index (χ0) is 14.4. The highest BCUT2D eigenvalue weighted by atomic mass is 16.5. The topological polar surface area (TPSA) is 53.6 Å². The normalized spacial score (nSPS) is 15.9. The van der Waals surface area contributed by atoms with Gasteiger partial charge in [-0.3, -0.25) is 4.90 Å². The number of morpholine rings is 1. The van der Waals surface area contributed by atoms with Crippen molar-refractivity contribution in [2.45, 2.75) is 13.8 Å². The van der Waals surface area contributed by atoms with Gasteiger partial charge in [-0.2, -0.15) is 0 Å². The number of nitrogens with zero attached hydrogens (tertiary/aromatic N) is 1. The van der Waals surface area contributed by atoms with Crippen LogP contribution < -0.4 is 10.6 Å². The minimum absolute atomic E-state index is 0.143. The van der Waals surface area contributed by atoms with Gasteiger partial charge in [-0.15, -0.1) is 0 Å². The molecule has 1 saturated heterocycles. The molecular formula is C15H23N3O2. The Kier molecular flexibility index (Phi) is 5.38. The fourth-order valence-electron chi connectivity index (χ4n) is 2.32. The average molecular weight is 277 g/mol. The highest BCUT2D eigenvalue weighted by Gasteiger charge is 2.11. The number of rotatable bonds is 4. The van der Waals surface area contributed by atoms with Crippen molar-refractivity contribution in [2.24, 2.45) is 0 Å². The molecule has 1 aliphatic heterocycles. The Labute approximate surface area is 120 Å². The summed E-state index contributed by atoms with van der Waals surface area (Å²) in [5.41, 5.74) is 3.05. The lowest BCUT2D eigenvalue weighted by molar-refractivity contribution is 0.0388. The van der Waals surface area contributed by atoms with Gasteiger partial charge in [-0.05, 0) is 25.0 Å². The lowest BCUT2D eigenvalue weighted by Crippen LogP contribution is -2.42. The number of carbonyl (C=O) groups is 1. The highest BCUT2D eigenvalue weighted by Crippen LogP contribution is 2.18. The second-order valence-corrected chi connectivity index (χ2v) is 5.10. The largest absolute Gasteiger partial charge is 0.379 e. The van der Waals surface area contributed by atoms with Crippen molar-refractivity contribution in [3.8, 4) is 0 Å². The van der Waals surface area contributed by atoms with Gasteiger partial charge in [0.15, 0.2) is 0 Å². The summed E-state index contributed by atoms with van der Waals surface area (Å²) in [6, 6.07) is 5.84. The van der Waals surface area contributed by atoms with Crippen molar-refractivity contribution in [1.29, 1.82) is 0 Å². The van der Waals surface area contributed by atoms with Crippen LogP contribution in [0, 0.1) is 13.8 Å². The highest BCUT2D eigenvalue weighted by molar-refractivity contribution is 5.90. The average Bonchev–Trinajstić information content (AvgIpc) is 2.44. The van der Waals surface area contributed by atoms with E-state index in [0.717, 1.165) is 49.7 Å². The minimum atomic E-state index is -0.143. The number of para-hydroxylation sites is 1. The first-order valence-corrected chi connectivity index (χ1v) is 7.08. The summed E-state index contributed by atoms with van der Waals surface area (Å²) in [6.07, 6.45) is 0. The number of aryl methyl sites for hydroxylation is 2. The number of hydrogen-bond acceptors (Lipinski definition) is 3. The predicted octanol–water partition coefficient (Wildman–Crippen LogP) is 1.76. The van der Waals surface area contributed by atoms with E-state index in [1.54, 1.807) is 0 Å². The molecule has 0 spiro atoms. The van der Waals surface area contributed by atoms with Gasteiger partial charge in [0.05, 0.1) is 13.2 Å². The molecule has 0 unspecified atom stereocenters. The lowest BCUT2D eigenvalue weighted by Gasteiger charge is -2.26. The molecular weight excluding hydrogens is 254 g/mol.